The van der Waals surface area contributed by atoms with Crippen LogP contribution in [0.3, 0.4) is 0 Å². The normalized spacial score (nSPS) is 12.0. The fraction of sp³-hybridized carbons (Fsp3) is 0.0556. The summed E-state index contributed by atoms with van der Waals surface area (Å²) in [6.45, 7) is 0. The first-order chi connectivity index (χ1) is 11.9. The molecule has 3 N–H and O–H groups in total. The Hall–Kier alpha value is -3.22. The van der Waals surface area contributed by atoms with Crippen molar-refractivity contribution in [3.8, 4) is 16.8 Å². The number of hydrogen-bond donors (Lipinski definition) is 2. The zero-order chi connectivity index (χ0) is 17.6. The van der Waals surface area contributed by atoms with Gasteiger partial charge in [0.1, 0.15) is 0 Å². The summed E-state index contributed by atoms with van der Waals surface area (Å²) in [5.41, 5.74) is 9.18. The topological polar surface area (TPSA) is 59.6 Å². The summed E-state index contributed by atoms with van der Waals surface area (Å²) in [5.74, 6) is 0. The molecule has 0 atom stereocenters. The Bertz CT molecular complexity index is 1040. The Morgan fingerprint density at radius 1 is 1.00 bits per heavy atom. The van der Waals surface area contributed by atoms with Gasteiger partial charge < -0.3 is 10.7 Å². The largest absolute Gasteiger partial charge is 0.416 e. The van der Waals surface area contributed by atoms with Gasteiger partial charge in [-0.05, 0) is 42.0 Å². The number of hydrogen-bond acceptors (Lipinski definition) is 2. The van der Waals surface area contributed by atoms with Crippen LogP contribution in [0, 0.1) is 0 Å². The molecule has 0 bridgehead atoms. The van der Waals surface area contributed by atoms with Crippen LogP contribution in [0.25, 0.3) is 27.7 Å². The van der Waals surface area contributed by atoms with E-state index in [4.69, 9.17) is 5.73 Å². The minimum atomic E-state index is -4.35. The Labute approximate surface area is 140 Å². The van der Waals surface area contributed by atoms with E-state index in [1.54, 1.807) is 23.3 Å². The van der Waals surface area contributed by atoms with E-state index in [0.717, 1.165) is 34.2 Å². The monoisotopic (exact) mass is 342 g/mol. The van der Waals surface area contributed by atoms with Crippen LogP contribution in [0.2, 0.25) is 0 Å². The second kappa shape index (κ2) is 5.41. The first-order valence-electron chi connectivity index (χ1n) is 7.51. The maximum atomic E-state index is 12.6. The van der Waals surface area contributed by atoms with E-state index in [1.807, 2.05) is 18.2 Å². The summed E-state index contributed by atoms with van der Waals surface area (Å²) in [4.78, 5) is 3.08. The van der Waals surface area contributed by atoms with Crippen LogP contribution in [0.1, 0.15) is 5.56 Å². The highest BCUT2D eigenvalue weighted by Crippen LogP contribution is 2.30. The van der Waals surface area contributed by atoms with E-state index in [0.29, 0.717) is 11.4 Å². The van der Waals surface area contributed by atoms with E-state index in [9.17, 15) is 13.2 Å². The molecule has 0 saturated heterocycles. The van der Waals surface area contributed by atoms with Crippen LogP contribution < -0.4 is 5.73 Å². The van der Waals surface area contributed by atoms with E-state index >= 15 is 0 Å². The van der Waals surface area contributed by atoms with Crippen LogP contribution in [0.15, 0.2) is 61.1 Å². The van der Waals surface area contributed by atoms with Crippen LogP contribution in [0.5, 0.6) is 0 Å². The zero-order valence-corrected chi connectivity index (χ0v) is 12.9. The van der Waals surface area contributed by atoms with Gasteiger partial charge in [0.2, 0.25) is 0 Å². The lowest BCUT2D eigenvalue weighted by Crippen LogP contribution is -2.05. The molecule has 2 aromatic heterocycles. The predicted octanol–water partition coefficient (Wildman–Crippen LogP) is 4.62. The average molecular weight is 342 g/mol. The molecular formula is C18H13F3N4. The van der Waals surface area contributed by atoms with Gasteiger partial charge in [0.15, 0.2) is 0 Å². The van der Waals surface area contributed by atoms with Gasteiger partial charge in [-0.25, -0.2) is 4.68 Å². The van der Waals surface area contributed by atoms with Gasteiger partial charge in [0.25, 0.3) is 0 Å². The first kappa shape index (κ1) is 15.3. The molecule has 126 valence electrons. The summed E-state index contributed by atoms with van der Waals surface area (Å²) in [6, 6.07) is 10.7. The number of nitrogens with zero attached hydrogens (tertiary/aromatic N) is 2. The smallest absolute Gasteiger partial charge is 0.397 e. The Morgan fingerprint density at radius 2 is 1.76 bits per heavy atom. The number of benzene rings is 2. The van der Waals surface area contributed by atoms with Crippen molar-refractivity contribution in [2.24, 2.45) is 0 Å². The quantitative estimate of drug-likeness (QED) is 0.558. The van der Waals surface area contributed by atoms with Crippen molar-refractivity contribution < 1.29 is 13.2 Å². The Kier molecular flexibility index (Phi) is 3.31. The summed E-state index contributed by atoms with van der Waals surface area (Å²) in [7, 11) is 0. The number of nitrogen functional groups attached to an aromatic ring is 1. The van der Waals surface area contributed by atoms with Gasteiger partial charge in [-0.3, -0.25) is 0 Å². The number of nitrogens with one attached hydrogen (secondary N) is 1. The number of aromatic amines is 1. The van der Waals surface area contributed by atoms with E-state index in [1.165, 1.54) is 12.1 Å². The van der Waals surface area contributed by atoms with Crippen LogP contribution in [0.4, 0.5) is 18.9 Å². The number of aromatic nitrogens is 3. The lowest BCUT2D eigenvalue weighted by molar-refractivity contribution is -0.137. The fourth-order valence-corrected chi connectivity index (χ4v) is 2.74. The zero-order valence-electron chi connectivity index (χ0n) is 12.9. The standard InChI is InChI=1S/C18H13F3N4/c19-18(20,21)13-2-4-14(5-3-13)25-10-12(8-24-25)11-1-6-17-15(7-11)16(22)9-23-17/h1-10,23H,22H2. The van der Waals surface area contributed by atoms with Crippen molar-refractivity contribution in [1.82, 2.24) is 14.8 Å². The molecule has 0 fully saturated rings. The molecule has 0 unspecified atom stereocenters. The molecule has 0 aliphatic rings. The Balaban J connectivity index is 1.68. The molecule has 25 heavy (non-hydrogen) atoms. The van der Waals surface area contributed by atoms with Crippen molar-refractivity contribution >= 4 is 16.6 Å². The number of H-pyrrole nitrogens is 1. The molecule has 4 nitrogen and oxygen atoms in total. The fourth-order valence-electron chi connectivity index (χ4n) is 2.74. The van der Waals surface area contributed by atoms with Gasteiger partial charge in [0.05, 0.1) is 23.1 Å². The minimum Gasteiger partial charge on any atom is -0.397 e. The molecule has 2 aromatic carbocycles. The summed E-state index contributed by atoms with van der Waals surface area (Å²) >= 11 is 0. The molecule has 0 amide bonds. The number of anilines is 1. The molecule has 0 spiro atoms. The molecule has 7 heteroatoms. The molecule has 0 saturated carbocycles. The number of halogens is 3. The highest BCUT2D eigenvalue weighted by atomic mass is 19.4. The molecule has 0 aliphatic heterocycles. The second-order valence-corrected chi connectivity index (χ2v) is 5.72. The van der Waals surface area contributed by atoms with Crippen molar-refractivity contribution in [3.63, 3.8) is 0 Å². The molecule has 4 aromatic rings. The number of fused-ring (bicyclic) bond motifs is 1. The third-order valence-electron chi connectivity index (χ3n) is 4.09. The first-order valence-corrected chi connectivity index (χ1v) is 7.51. The van der Waals surface area contributed by atoms with Gasteiger partial charge in [-0.1, -0.05) is 6.07 Å². The van der Waals surface area contributed by atoms with Crippen LogP contribution >= 0.6 is 0 Å². The van der Waals surface area contributed by atoms with Crippen LogP contribution in [-0.2, 0) is 6.18 Å². The van der Waals surface area contributed by atoms with Gasteiger partial charge in [-0.2, -0.15) is 18.3 Å². The number of nitrogens with two attached hydrogens (primary N) is 1. The van der Waals surface area contributed by atoms with Gasteiger partial charge in [-0.15, -0.1) is 0 Å². The molecule has 0 aliphatic carbocycles. The summed E-state index contributed by atoms with van der Waals surface area (Å²) in [6.07, 6.45) is 0.827. The highest BCUT2D eigenvalue weighted by Gasteiger charge is 2.30. The molecule has 2 heterocycles. The molecule has 0 radical (unpaired) electrons. The molecular weight excluding hydrogens is 329 g/mol. The summed E-state index contributed by atoms with van der Waals surface area (Å²) < 4.78 is 39.5. The predicted molar refractivity (Wildman–Crippen MR) is 90.3 cm³/mol. The maximum Gasteiger partial charge on any atom is 0.416 e. The minimum absolute atomic E-state index is 0.557. The van der Waals surface area contributed by atoms with Gasteiger partial charge in [0, 0.05) is 28.9 Å². The molecule has 4 rings (SSSR count). The van der Waals surface area contributed by atoms with E-state index in [2.05, 4.69) is 10.1 Å². The number of alkyl halides is 3. The second-order valence-electron chi connectivity index (χ2n) is 5.72. The van der Waals surface area contributed by atoms with Crippen molar-refractivity contribution in [1.29, 1.82) is 0 Å². The third-order valence-corrected chi connectivity index (χ3v) is 4.09. The van der Waals surface area contributed by atoms with Crippen molar-refractivity contribution in [2.45, 2.75) is 6.18 Å². The van der Waals surface area contributed by atoms with Gasteiger partial charge >= 0.3 is 6.18 Å². The maximum absolute atomic E-state index is 12.6. The SMILES string of the molecule is Nc1c[nH]c2ccc(-c3cnn(-c4ccc(C(F)(F)F)cc4)c3)cc12. The van der Waals surface area contributed by atoms with Crippen LogP contribution in [-0.4, -0.2) is 14.8 Å². The number of rotatable bonds is 2. The third kappa shape index (κ3) is 2.73. The van der Waals surface area contributed by atoms with Crippen molar-refractivity contribution in [2.75, 3.05) is 5.73 Å². The summed E-state index contributed by atoms with van der Waals surface area (Å²) in [5, 5.41) is 5.16. The van der Waals surface area contributed by atoms with E-state index in [-0.39, 0.29) is 0 Å². The average Bonchev–Trinajstić information content (AvgIpc) is 3.22. The lowest BCUT2D eigenvalue weighted by Gasteiger charge is -2.07. The highest BCUT2D eigenvalue weighted by molar-refractivity contribution is 5.94. The van der Waals surface area contributed by atoms with E-state index < -0.39 is 11.7 Å². The Morgan fingerprint density at radius 3 is 2.48 bits per heavy atom. The van der Waals surface area contributed by atoms with Crippen molar-refractivity contribution in [3.05, 3.63) is 66.6 Å². The lowest BCUT2D eigenvalue weighted by atomic mass is 10.1.